The minimum absolute atomic E-state index is 0.211. The smallest absolute Gasteiger partial charge is 0.0794 e. The minimum atomic E-state index is 0.211. The molecule has 1 unspecified atom stereocenters. The Morgan fingerprint density at radius 3 is 3.11 bits per heavy atom. The summed E-state index contributed by atoms with van der Waals surface area (Å²) < 4.78 is 0. The molecule has 0 saturated heterocycles. The average Bonchev–Trinajstić information content (AvgIpc) is 2.37. The molecule has 0 bridgehead atoms. The Hall–Kier alpha value is -0.410. The molecule has 1 atom stereocenters. The van der Waals surface area contributed by atoms with E-state index in [-0.39, 0.29) is 12.5 Å². The van der Waals surface area contributed by atoms with Gasteiger partial charge in [-0.25, -0.2) is 0 Å². The normalized spacial score (nSPS) is 13.6. The molecule has 0 aliphatic rings. The lowest BCUT2D eigenvalue weighted by atomic mass is 10.2. The van der Waals surface area contributed by atoms with Crippen LogP contribution in [0.2, 0.25) is 0 Å². The van der Waals surface area contributed by atoms with E-state index in [1.54, 1.807) is 23.0 Å². The SMILES string of the molecule is CC(CO)c1cncs1. The molecule has 0 aliphatic heterocycles. The molecule has 1 aromatic heterocycles. The van der Waals surface area contributed by atoms with Gasteiger partial charge in [-0.05, 0) is 0 Å². The van der Waals surface area contributed by atoms with Gasteiger partial charge in [-0.1, -0.05) is 6.92 Å². The van der Waals surface area contributed by atoms with Crippen molar-refractivity contribution in [2.45, 2.75) is 12.8 Å². The van der Waals surface area contributed by atoms with Gasteiger partial charge in [0.05, 0.1) is 12.1 Å². The molecule has 0 spiro atoms. The largest absolute Gasteiger partial charge is 0.396 e. The highest BCUT2D eigenvalue weighted by Crippen LogP contribution is 2.17. The van der Waals surface area contributed by atoms with E-state index in [4.69, 9.17) is 5.11 Å². The maximum atomic E-state index is 8.69. The van der Waals surface area contributed by atoms with Gasteiger partial charge in [0, 0.05) is 17.0 Å². The predicted octanol–water partition coefficient (Wildman–Crippen LogP) is 1.24. The lowest BCUT2D eigenvalue weighted by Crippen LogP contribution is -1.94. The molecule has 1 aromatic rings. The van der Waals surface area contributed by atoms with Crippen LogP contribution >= 0.6 is 11.3 Å². The van der Waals surface area contributed by atoms with Crippen molar-refractivity contribution in [3.63, 3.8) is 0 Å². The Bertz CT molecular complexity index is 162. The quantitative estimate of drug-likeness (QED) is 0.675. The zero-order valence-electron chi connectivity index (χ0n) is 5.24. The zero-order chi connectivity index (χ0) is 6.69. The van der Waals surface area contributed by atoms with Crippen LogP contribution < -0.4 is 0 Å². The lowest BCUT2D eigenvalue weighted by Gasteiger charge is -2.00. The van der Waals surface area contributed by atoms with Gasteiger partial charge in [0.1, 0.15) is 0 Å². The van der Waals surface area contributed by atoms with Crippen molar-refractivity contribution in [3.05, 3.63) is 16.6 Å². The van der Waals surface area contributed by atoms with Gasteiger partial charge in [0.2, 0.25) is 0 Å². The molecule has 2 nitrogen and oxygen atoms in total. The molecule has 0 aromatic carbocycles. The van der Waals surface area contributed by atoms with E-state index >= 15 is 0 Å². The number of thiazole rings is 1. The topological polar surface area (TPSA) is 33.1 Å². The van der Waals surface area contributed by atoms with Gasteiger partial charge in [0.15, 0.2) is 0 Å². The number of nitrogens with zero attached hydrogens (tertiary/aromatic N) is 1. The molecule has 0 radical (unpaired) electrons. The molecule has 0 fully saturated rings. The minimum Gasteiger partial charge on any atom is -0.396 e. The van der Waals surface area contributed by atoms with Crippen molar-refractivity contribution in [2.75, 3.05) is 6.61 Å². The number of aliphatic hydroxyl groups is 1. The Morgan fingerprint density at radius 2 is 2.67 bits per heavy atom. The Labute approximate surface area is 58.2 Å². The number of hydrogen-bond donors (Lipinski definition) is 1. The summed E-state index contributed by atoms with van der Waals surface area (Å²) in [6.07, 6.45) is 1.80. The molecule has 1 N–H and O–H groups in total. The van der Waals surface area contributed by atoms with Crippen LogP contribution in [0, 0.1) is 0 Å². The Kier molecular flexibility index (Phi) is 2.19. The molecule has 0 aliphatic carbocycles. The summed E-state index contributed by atoms with van der Waals surface area (Å²) in [6.45, 7) is 2.19. The highest BCUT2D eigenvalue weighted by Gasteiger charge is 2.03. The maximum absolute atomic E-state index is 8.69. The fourth-order valence-corrected chi connectivity index (χ4v) is 1.23. The fourth-order valence-electron chi connectivity index (χ4n) is 0.559. The monoisotopic (exact) mass is 143 g/mol. The van der Waals surface area contributed by atoms with E-state index < -0.39 is 0 Å². The van der Waals surface area contributed by atoms with Gasteiger partial charge in [-0.2, -0.15) is 0 Å². The van der Waals surface area contributed by atoms with E-state index in [0.29, 0.717) is 0 Å². The number of rotatable bonds is 2. The van der Waals surface area contributed by atoms with E-state index in [9.17, 15) is 0 Å². The first kappa shape index (κ1) is 6.71. The molecule has 1 rings (SSSR count). The van der Waals surface area contributed by atoms with Gasteiger partial charge < -0.3 is 5.11 Å². The number of aliphatic hydroxyl groups excluding tert-OH is 1. The Morgan fingerprint density at radius 1 is 1.89 bits per heavy atom. The number of hydrogen-bond acceptors (Lipinski definition) is 3. The third-order valence-corrected chi connectivity index (χ3v) is 2.22. The first-order valence-corrected chi connectivity index (χ1v) is 3.72. The third-order valence-electron chi connectivity index (χ3n) is 1.21. The van der Waals surface area contributed by atoms with E-state index in [1.807, 2.05) is 6.92 Å². The fraction of sp³-hybridized carbons (Fsp3) is 0.500. The Balaban J connectivity index is 2.65. The van der Waals surface area contributed by atoms with Crippen LogP contribution in [0.15, 0.2) is 11.7 Å². The van der Waals surface area contributed by atoms with Crippen molar-refractivity contribution in [1.29, 1.82) is 0 Å². The first-order chi connectivity index (χ1) is 4.34. The predicted molar refractivity (Wildman–Crippen MR) is 37.6 cm³/mol. The number of aromatic nitrogens is 1. The average molecular weight is 143 g/mol. The van der Waals surface area contributed by atoms with Crippen LogP contribution in [0.1, 0.15) is 17.7 Å². The highest BCUT2D eigenvalue weighted by molar-refractivity contribution is 7.09. The van der Waals surface area contributed by atoms with Crippen molar-refractivity contribution in [3.8, 4) is 0 Å². The van der Waals surface area contributed by atoms with Crippen LogP contribution in [0.5, 0.6) is 0 Å². The molecular formula is C6H9NOS. The zero-order valence-corrected chi connectivity index (χ0v) is 6.06. The van der Waals surface area contributed by atoms with Crippen LogP contribution in [0.25, 0.3) is 0 Å². The standard InChI is InChI=1S/C6H9NOS/c1-5(3-8)6-2-7-4-9-6/h2,4-5,8H,3H2,1H3. The van der Waals surface area contributed by atoms with Crippen molar-refractivity contribution < 1.29 is 5.11 Å². The van der Waals surface area contributed by atoms with Crippen molar-refractivity contribution in [1.82, 2.24) is 4.98 Å². The van der Waals surface area contributed by atoms with Crippen LogP contribution in [-0.4, -0.2) is 16.7 Å². The second-order valence-electron chi connectivity index (χ2n) is 1.99. The van der Waals surface area contributed by atoms with Crippen LogP contribution in [0.3, 0.4) is 0 Å². The highest BCUT2D eigenvalue weighted by atomic mass is 32.1. The summed E-state index contributed by atoms with van der Waals surface area (Å²) in [7, 11) is 0. The van der Waals surface area contributed by atoms with Crippen molar-refractivity contribution >= 4 is 11.3 Å². The summed E-state index contributed by atoms with van der Waals surface area (Å²) in [5, 5.41) is 8.69. The second-order valence-corrected chi connectivity index (χ2v) is 2.91. The molecule has 9 heavy (non-hydrogen) atoms. The molecule has 0 amide bonds. The van der Waals surface area contributed by atoms with Gasteiger partial charge >= 0.3 is 0 Å². The molecule has 50 valence electrons. The summed E-state index contributed by atoms with van der Waals surface area (Å²) in [4.78, 5) is 5.05. The summed E-state index contributed by atoms with van der Waals surface area (Å²) >= 11 is 1.58. The maximum Gasteiger partial charge on any atom is 0.0794 e. The lowest BCUT2D eigenvalue weighted by molar-refractivity contribution is 0.274. The van der Waals surface area contributed by atoms with Crippen LogP contribution in [-0.2, 0) is 0 Å². The van der Waals surface area contributed by atoms with Gasteiger partial charge in [-0.3, -0.25) is 4.98 Å². The second kappa shape index (κ2) is 2.94. The summed E-state index contributed by atoms with van der Waals surface area (Å²) in [5.74, 6) is 0.248. The van der Waals surface area contributed by atoms with Crippen LogP contribution in [0.4, 0.5) is 0 Å². The van der Waals surface area contributed by atoms with E-state index in [2.05, 4.69) is 4.98 Å². The van der Waals surface area contributed by atoms with Crippen molar-refractivity contribution in [2.24, 2.45) is 0 Å². The van der Waals surface area contributed by atoms with E-state index in [0.717, 1.165) is 4.88 Å². The molecule has 3 heteroatoms. The van der Waals surface area contributed by atoms with Gasteiger partial charge in [0.25, 0.3) is 0 Å². The molecular weight excluding hydrogens is 134 g/mol. The molecule has 1 heterocycles. The van der Waals surface area contributed by atoms with Gasteiger partial charge in [-0.15, -0.1) is 11.3 Å². The summed E-state index contributed by atoms with van der Waals surface area (Å²) in [5.41, 5.74) is 1.78. The third kappa shape index (κ3) is 1.50. The summed E-state index contributed by atoms with van der Waals surface area (Å²) in [6, 6.07) is 0. The first-order valence-electron chi connectivity index (χ1n) is 2.84. The molecule has 0 saturated carbocycles. The van der Waals surface area contributed by atoms with E-state index in [1.165, 1.54) is 0 Å².